The van der Waals surface area contributed by atoms with Crippen LogP contribution >= 0.6 is 27.5 Å². The predicted molar refractivity (Wildman–Crippen MR) is 72.3 cm³/mol. The summed E-state index contributed by atoms with van der Waals surface area (Å²) in [6.45, 7) is 2.75. The second-order valence-corrected chi connectivity index (χ2v) is 5.52. The highest BCUT2D eigenvalue weighted by molar-refractivity contribution is 9.10. The summed E-state index contributed by atoms with van der Waals surface area (Å²) in [5, 5.41) is 3.71. The maximum Gasteiger partial charge on any atom is 0.258 e. The number of halogens is 4. The van der Waals surface area contributed by atoms with Crippen molar-refractivity contribution in [3.05, 3.63) is 33.3 Å². The standard InChI is InChI=1S/C12H14BrClF2N2/c13-10-7-8(14)1-2-9(10)11(12(15)16)18-5-3-17-4-6-18/h1-2,7,11-12,17H,3-6H2/t11-/m0/s1. The van der Waals surface area contributed by atoms with Gasteiger partial charge in [0.2, 0.25) is 0 Å². The number of hydrogen-bond acceptors (Lipinski definition) is 2. The lowest BCUT2D eigenvalue weighted by atomic mass is 10.0. The molecule has 1 saturated heterocycles. The van der Waals surface area contributed by atoms with Gasteiger partial charge in [-0.1, -0.05) is 33.6 Å². The van der Waals surface area contributed by atoms with Gasteiger partial charge in [0, 0.05) is 35.7 Å². The number of nitrogens with one attached hydrogen (secondary N) is 1. The molecule has 18 heavy (non-hydrogen) atoms. The highest BCUT2D eigenvalue weighted by Crippen LogP contribution is 2.34. The average molecular weight is 340 g/mol. The Balaban J connectivity index is 2.28. The minimum absolute atomic E-state index is 0.541. The first-order valence-corrected chi connectivity index (χ1v) is 6.94. The fraction of sp³-hybridized carbons (Fsp3) is 0.500. The van der Waals surface area contributed by atoms with Crippen molar-refractivity contribution in [2.45, 2.75) is 12.5 Å². The van der Waals surface area contributed by atoms with Crippen LogP contribution < -0.4 is 5.32 Å². The van der Waals surface area contributed by atoms with E-state index in [1.165, 1.54) is 0 Å². The van der Waals surface area contributed by atoms with E-state index >= 15 is 0 Å². The van der Waals surface area contributed by atoms with Gasteiger partial charge in [0.25, 0.3) is 6.43 Å². The Morgan fingerprint density at radius 1 is 1.28 bits per heavy atom. The zero-order valence-corrected chi connectivity index (χ0v) is 12.0. The lowest BCUT2D eigenvalue weighted by molar-refractivity contribution is 0.0178. The molecule has 1 aliphatic heterocycles. The minimum atomic E-state index is -2.42. The normalized spacial score (nSPS) is 19.2. The van der Waals surface area contributed by atoms with Crippen molar-refractivity contribution in [3.8, 4) is 0 Å². The lowest BCUT2D eigenvalue weighted by Gasteiger charge is -2.35. The van der Waals surface area contributed by atoms with E-state index < -0.39 is 12.5 Å². The monoisotopic (exact) mass is 338 g/mol. The molecule has 0 aliphatic carbocycles. The molecular weight excluding hydrogens is 325 g/mol. The average Bonchev–Trinajstić information content (AvgIpc) is 2.33. The molecule has 0 spiro atoms. The Bertz CT molecular complexity index is 411. The van der Waals surface area contributed by atoms with Crippen molar-refractivity contribution in [2.75, 3.05) is 26.2 Å². The molecule has 100 valence electrons. The van der Waals surface area contributed by atoms with Crippen LogP contribution in [0.4, 0.5) is 8.78 Å². The van der Waals surface area contributed by atoms with E-state index in [0.717, 1.165) is 13.1 Å². The van der Waals surface area contributed by atoms with Gasteiger partial charge in [-0.05, 0) is 17.7 Å². The van der Waals surface area contributed by atoms with E-state index in [-0.39, 0.29) is 0 Å². The first-order chi connectivity index (χ1) is 8.59. The Labute approximate surface area is 118 Å². The van der Waals surface area contributed by atoms with Crippen LogP contribution in [0.2, 0.25) is 5.02 Å². The zero-order chi connectivity index (χ0) is 13.1. The van der Waals surface area contributed by atoms with Crippen LogP contribution in [0, 0.1) is 0 Å². The molecule has 6 heteroatoms. The van der Waals surface area contributed by atoms with Gasteiger partial charge in [0.1, 0.15) is 0 Å². The summed E-state index contributed by atoms with van der Waals surface area (Å²) in [5.41, 5.74) is 0.594. The summed E-state index contributed by atoms with van der Waals surface area (Å²) in [6.07, 6.45) is -2.42. The van der Waals surface area contributed by atoms with Gasteiger partial charge in [-0.3, -0.25) is 4.90 Å². The van der Waals surface area contributed by atoms with Crippen LogP contribution in [-0.4, -0.2) is 37.5 Å². The van der Waals surface area contributed by atoms with Crippen molar-refractivity contribution < 1.29 is 8.78 Å². The molecule has 1 aliphatic rings. The summed E-state index contributed by atoms with van der Waals surface area (Å²) in [4.78, 5) is 1.81. The van der Waals surface area contributed by atoms with E-state index in [1.54, 1.807) is 18.2 Å². The quantitative estimate of drug-likeness (QED) is 0.909. The molecule has 1 atom stereocenters. The first kappa shape index (κ1) is 14.2. The molecule has 1 heterocycles. The Morgan fingerprint density at radius 3 is 2.50 bits per heavy atom. The summed E-state index contributed by atoms with van der Waals surface area (Å²) in [7, 11) is 0. The maximum atomic E-state index is 13.3. The van der Waals surface area contributed by atoms with Crippen LogP contribution in [0.15, 0.2) is 22.7 Å². The zero-order valence-electron chi connectivity index (χ0n) is 9.67. The van der Waals surface area contributed by atoms with Gasteiger partial charge in [0.15, 0.2) is 0 Å². The highest BCUT2D eigenvalue weighted by Gasteiger charge is 2.31. The lowest BCUT2D eigenvalue weighted by Crippen LogP contribution is -2.47. The summed E-state index contributed by atoms with van der Waals surface area (Å²) in [5.74, 6) is 0. The summed E-state index contributed by atoms with van der Waals surface area (Å²) < 4.78 is 27.3. The van der Waals surface area contributed by atoms with Crippen LogP contribution in [0.1, 0.15) is 11.6 Å². The maximum absolute atomic E-state index is 13.3. The largest absolute Gasteiger partial charge is 0.314 e. The molecule has 2 nitrogen and oxygen atoms in total. The number of nitrogens with zero attached hydrogens (tertiary/aromatic N) is 1. The molecular formula is C12H14BrClF2N2. The van der Waals surface area contributed by atoms with Crippen molar-refractivity contribution >= 4 is 27.5 Å². The first-order valence-electron chi connectivity index (χ1n) is 5.77. The molecule has 0 bridgehead atoms. The van der Waals surface area contributed by atoms with E-state index in [4.69, 9.17) is 11.6 Å². The van der Waals surface area contributed by atoms with Crippen LogP contribution in [0.3, 0.4) is 0 Å². The predicted octanol–water partition coefficient (Wildman–Crippen LogP) is 3.31. The van der Waals surface area contributed by atoms with Crippen LogP contribution in [0.25, 0.3) is 0 Å². The molecule has 0 saturated carbocycles. The molecule has 1 N–H and O–H groups in total. The second-order valence-electron chi connectivity index (χ2n) is 4.23. The third-order valence-electron chi connectivity index (χ3n) is 3.06. The van der Waals surface area contributed by atoms with Crippen molar-refractivity contribution in [2.24, 2.45) is 0 Å². The van der Waals surface area contributed by atoms with E-state index in [2.05, 4.69) is 21.2 Å². The summed E-state index contributed by atoms with van der Waals surface area (Å²) >= 11 is 9.17. The molecule has 0 unspecified atom stereocenters. The molecule has 0 radical (unpaired) electrons. The fourth-order valence-electron chi connectivity index (χ4n) is 2.19. The van der Waals surface area contributed by atoms with Gasteiger partial charge in [-0.2, -0.15) is 0 Å². The molecule has 2 rings (SSSR count). The number of alkyl halides is 2. The highest BCUT2D eigenvalue weighted by atomic mass is 79.9. The molecule has 1 aromatic rings. The number of benzene rings is 1. The smallest absolute Gasteiger partial charge is 0.258 e. The third kappa shape index (κ3) is 3.20. The van der Waals surface area contributed by atoms with Gasteiger partial charge < -0.3 is 5.32 Å². The van der Waals surface area contributed by atoms with E-state index in [1.807, 2.05) is 4.90 Å². The van der Waals surface area contributed by atoms with Gasteiger partial charge in [-0.25, -0.2) is 8.78 Å². The second kappa shape index (κ2) is 6.28. The van der Waals surface area contributed by atoms with Crippen molar-refractivity contribution in [1.29, 1.82) is 0 Å². The minimum Gasteiger partial charge on any atom is -0.314 e. The Morgan fingerprint density at radius 2 is 1.94 bits per heavy atom. The van der Waals surface area contributed by atoms with Gasteiger partial charge >= 0.3 is 0 Å². The molecule has 0 aromatic heterocycles. The van der Waals surface area contributed by atoms with E-state index in [0.29, 0.717) is 28.1 Å². The van der Waals surface area contributed by atoms with Crippen molar-refractivity contribution in [3.63, 3.8) is 0 Å². The number of rotatable bonds is 3. The van der Waals surface area contributed by atoms with Crippen LogP contribution in [0.5, 0.6) is 0 Å². The summed E-state index contributed by atoms with van der Waals surface area (Å²) in [6, 6.07) is 4.11. The Hall–Kier alpha value is -0.230. The molecule has 1 fully saturated rings. The molecule has 0 amide bonds. The third-order valence-corrected chi connectivity index (χ3v) is 3.99. The van der Waals surface area contributed by atoms with Gasteiger partial charge in [-0.15, -0.1) is 0 Å². The number of piperazine rings is 1. The SMILES string of the molecule is FC(F)[C@H](c1ccc(Cl)cc1Br)N1CCNCC1. The Kier molecular flexibility index (Phi) is 4.95. The van der Waals surface area contributed by atoms with Crippen LogP contribution in [-0.2, 0) is 0 Å². The van der Waals surface area contributed by atoms with Crippen molar-refractivity contribution in [1.82, 2.24) is 10.2 Å². The van der Waals surface area contributed by atoms with E-state index in [9.17, 15) is 8.78 Å². The number of hydrogen-bond donors (Lipinski definition) is 1. The molecule has 1 aromatic carbocycles. The van der Waals surface area contributed by atoms with Gasteiger partial charge in [0.05, 0.1) is 6.04 Å². The topological polar surface area (TPSA) is 15.3 Å². The fourth-order valence-corrected chi connectivity index (χ4v) is 3.11.